The molecule has 1 aromatic rings. The molecule has 1 atom stereocenters. The normalized spacial score (nSPS) is 13.4. The van der Waals surface area contributed by atoms with E-state index in [1.165, 1.54) is 0 Å². The zero-order valence-corrected chi connectivity index (χ0v) is 9.77. The van der Waals surface area contributed by atoms with E-state index in [1.54, 1.807) is 4.68 Å². The van der Waals surface area contributed by atoms with Crippen molar-refractivity contribution >= 4 is 0 Å². The first-order valence-corrected chi connectivity index (χ1v) is 5.47. The van der Waals surface area contributed by atoms with Crippen LogP contribution in [0, 0.1) is 5.92 Å². The number of aliphatic hydroxyl groups is 1. The maximum atomic E-state index is 9.57. The van der Waals surface area contributed by atoms with E-state index in [2.05, 4.69) is 10.4 Å². The summed E-state index contributed by atoms with van der Waals surface area (Å²) in [5, 5.41) is 17.1. The van der Waals surface area contributed by atoms with Gasteiger partial charge in [0.05, 0.1) is 11.8 Å². The maximum absolute atomic E-state index is 9.57. The molecule has 0 aliphatic carbocycles. The quantitative estimate of drug-likeness (QED) is 0.688. The number of aryl methyl sites for hydroxylation is 1. The molecular weight excluding hydrogens is 190 g/mol. The highest BCUT2D eigenvalue weighted by Crippen LogP contribution is 2.04. The fourth-order valence-corrected chi connectivity index (χ4v) is 1.36. The molecule has 1 heterocycles. The molecule has 0 spiro atoms. The van der Waals surface area contributed by atoms with E-state index in [0.29, 0.717) is 5.92 Å². The van der Waals surface area contributed by atoms with Crippen molar-refractivity contribution in [3.8, 4) is 0 Å². The average molecular weight is 211 g/mol. The lowest BCUT2D eigenvalue weighted by Crippen LogP contribution is -2.23. The first-order valence-electron chi connectivity index (χ1n) is 5.47. The Balaban J connectivity index is 2.12. The smallest absolute Gasteiger partial charge is 0.0762 e. The van der Waals surface area contributed by atoms with E-state index in [1.807, 2.05) is 33.2 Å². The Morgan fingerprint density at radius 1 is 1.53 bits per heavy atom. The van der Waals surface area contributed by atoms with Gasteiger partial charge in [0.15, 0.2) is 0 Å². The molecule has 1 aromatic heterocycles. The minimum absolute atomic E-state index is 0.207. The summed E-state index contributed by atoms with van der Waals surface area (Å²) in [5.74, 6) is 0.335. The number of aromatic nitrogens is 2. The van der Waals surface area contributed by atoms with Gasteiger partial charge in [0.25, 0.3) is 0 Å². The van der Waals surface area contributed by atoms with Crippen molar-refractivity contribution in [2.75, 3.05) is 6.54 Å². The molecule has 4 nitrogen and oxygen atoms in total. The summed E-state index contributed by atoms with van der Waals surface area (Å²) in [6.07, 6.45) is 2.52. The lowest BCUT2D eigenvalue weighted by Gasteiger charge is -2.13. The molecule has 86 valence electrons. The number of aliphatic hydroxyl groups excluding tert-OH is 1. The number of hydrogen-bond acceptors (Lipinski definition) is 3. The van der Waals surface area contributed by atoms with Gasteiger partial charge in [0.2, 0.25) is 0 Å². The van der Waals surface area contributed by atoms with E-state index in [0.717, 1.165) is 25.2 Å². The van der Waals surface area contributed by atoms with Crippen LogP contribution in [0.25, 0.3) is 0 Å². The van der Waals surface area contributed by atoms with Crippen molar-refractivity contribution in [3.05, 3.63) is 18.0 Å². The van der Waals surface area contributed by atoms with Crippen molar-refractivity contribution in [3.63, 3.8) is 0 Å². The van der Waals surface area contributed by atoms with Crippen LogP contribution in [0.1, 0.15) is 26.0 Å². The van der Waals surface area contributed by atoms with Crippen LogP contribution in [0.5, 0.6) is 0 Å². The molecule has 0 saturated carbocycles. The van der Waals surface area contributed by atoms with Gasteiger partial charge in [0, 0.05) is 19.8 Å². The first kappa shape index (κ1) is 12.2. The van der Waals surface area contributed by atoms with Crippen LogP contribution >= 0.6 is 0 Å². The van der Waals surface area contributed by atoms with Crippen molar-refractivity contribution in [2.24, 2.45) is 13.0 Å². The molecule has 0 saturated heterocycles. The highest BCUT2D eigenvalue weighted by atomic mass is 16.3. The SMILES string of the molecule is CC(C)C(O)CCNCc1ccn(C)n1. The van der Waals surface area contributed by atoms with Gasteiger partial charge in [0.1, 0.15) is 0 Å². The highest BCUT2D eigenvalue weighted by Gasteiger charge is 2.07. The van der Waals surface area contributed by atoms with E-state index >= 15 is 0 Å². The first-order chi connectivity index (χ1) is 7.09. The molecule has 0 aliphatic rings. The summed E-state index contributed by atoms with van der Waals surface area (Å²) in [7, 11) is 1.91. The second-order valence-corrected chi connectivity index (χ2v) is 4.26. The Morgan fingerprint density at radius 2 is 2.27 bits per heavy atom. The van der Waals surface area contributed by atoms with Gasteiger partial charge in [-0.3, -0.25) is 4.68 Å². The third-order valence-corrected chi connectivity index (χ3v) is 2.46. The van der Waals surface area contributed by atoms with E-state index in [4.69, 9.17) is 0 Å². The van der Waals surface area contributed by atoms with Crippen LogP contribution in [0.15, 0.2) is 12.3 Å². The van der Waals surface area contributed by atoms with E-state index in [9.17, 15) is 5.11 Å². The molecule has 0 aliphatic heterocycles. The molecule has 0 radical (unpaired) electrons. The van der Waals surface area contributed by atoms with Crippen LogP contribution in [0.3, 0.4) is 0 Å². The average Bonchev–Trinajstić information content (AvgIpc) is 2.58. The second kappa shape index (κ2) is 5.88. The van der Waals surface area contributed by atoms with E-state index in [-0.39, 0.29) is 6.10 Å². The second-order valence-electron chi connectivity index (χ2n) is 4.26. The van der Waals surface area contributed by atoms with Gasteiger partial charge < -0.3 is 10.4 Å². The monoisotopic (exact) mass is 211 g/mol. The topological polar surface area (TPSA) is 50.1 Å². The molecule has 2 N–H and O–H groups in total. The molecule has 0 amide bonds. The maximum Gasteiger partial charge on any atom is 0.0762 e. The van der Waals surface area contributed by atoms with E-state index < -0.39 is 0 Å². The lowest BCUT2D eigenvalue weighted by atomic mass is 10.0. The van der Waals surface area contributed by atoms with Crippen LogP contribution < -0.4 is 5.32 Å². The Hall–Kier alpha value is -0.870. The number of hydrogen-bond donors (Lipinski definition) is 2. The highest BCUT2D eigenvalue weighted by molar-refractivity contribution is 4.97. The lowest BCUT2D eigenvalue weighted by molar-refractivity contribution is 0.116. The minimum Gasteiger partial charge on any atom is -0.393 e. The number of nitrogens with one attached hydrogen (secondary N) is 1. The predicted octanol–water partition coefficient (Wildman–Crippen LogP) is 0.917. The van der Waals surface area contributed by atoms with Gasteiger partial charge in [-0.1, -0.05) is 13.8 Å². The number of rotatable bonds is 6. The summed E-state index contributed by atoms with van der Waals surface area (Å²) >= 11 is 0. The van der Waals surface area contributed by atoms with Gasteiger partial charge in [-0.2, -0.15) is 5.10 Å². The zero-order chi connectivity index (χ0) is 11.3. The fraction of sp³-hybridized carbons (Fsp3) is 0.727. The summed E-state index contributed by atoms with van der Waals surface area (Å²) in [5.41, 5.74) is 1.04. The molecular formula is C11H21N3O. The van der Waals surface area contributed by atoms with Crippen molar-refractivity contribution in [1.29, 1.82) is 0 Å². The zero-order valence-electron chi connectivity index (χ0n) is 9.77. The summed E-state index contributed by atoms with van der Waals surface area (Å²) in [6.45, 7) is 5.66. The third kappa shape index (κ3) is 4.44. The molecule has 0 fully saturated rings. The summed E-state index contributed by atoms with van der Waals surface area (Å²) in [4.78, 5) is 0. The molecule has 0 bridgehead atoms. The molecule has 1 unspecified atom stereocenters. The Kier molecular flexibility index (Phi) is 4.78. The van der Waals surface area contributed by atoms with Crippen LogP contribution in [0.4, 0.5) is 0 Å². The standard InChI is InChI=1S/C11H21N3O/c1-9(2)11(15)4-6-12-8-10-5-7-14(3)13-10/h5,7,9,11-12,15H,4,6,8H2,1-3H3. The fourth-order valence-electron chi connectivity index (χ4n) is 1.36. The van der Waals surface area contributed by atoms with Crippen molar-refractivity contribution in [1.82, 2.24) is 15.1 Å². The largest absolute Gasteiger partial charge is 0.393 e. The van der Waals surface area contributed by atoms with Crippen LogP contribution in [-0.4, -0.2) is 27.5 Å². The Morgan fingerprint density at radius 3 is 2.80 bits per heavy atom. The Labute approximate surface area is 91.3 Å². The van der Waals surface area contributed by atoms with Crippen LogP contribution in [0.2, 0.25) is 0 Å². The number of nitrogens with zero attached hydrogens (tertiary/aromatic N) is 2. The molecule has 0 aromatic carbocycles. The van der Waals surface area contributed by atoms with Gasteiger partial charge in [-0.05, 0) is 24.9 Å². The molecule has 4 heteroatoms. The minimum atomic E-state index is -0.207. The van der Waals surface area contributed by atoms with Gasteiger partial charge in [-0.15, -0.1) is 0 Å². The summed E-state index contributed by atoms with van der Waals surface area (Å²) in [6, 6.07) is 1.99. The Bertz CT molecular complexity index is 283. The van der Waals surface area contributed by atoms with Gasteiger partial charge in [-0.25, -0.2) is 0 Å². The van der Waals surface area contributed by atoms with Crippen LogP contribution in [-0.2, 0) is 13.6 Å². The van der Waals surface area contributed by atoms with Gasteiger partial charge >= 0.3 is 0 Å². The molecule has 1 rings (SSSR count). The van der Waals surface area contributed by atoms with Crippen molar-refractivity contribution < 1.29 is 5.11 Å². The molecule has 15 heavy (non-hydrogen) atoms. The predicted molar refractivity (Wildman–Crippen MR) is 60.4 cm³/mol. The van der Waals surface area contributed by atoms with Crippen molar-refractivity contribution in [2.45, 2.75) is 32.9 Å². The third-order valence-electron chi connectivity index (χ3n) is 2.46. The summed E-state index contributed by atoms with van der Waals surface area (Å²) < 4.78 is 1.79.